The summed E-state index contributed by atoms with van der Waals surface area (Å²) in [4.78, 5) is 0. The van der Waals surface area contributed by atoms with Crippen LogP contribution in [0.2, 0.25) is 0 Å². The molecule has 0 spiro atoms. The van der Waals surface area contributed by atoms with Crippen molar-refractivity contribution in [2.24, 2.45) is 5.73 Å². The zero-order valence-corrected chi connectivity index (χ0v) is 13.4. The first-order valence-electron chi connectivity index (χ1n) is 7.49. The smallest absolute Gasteiger partial charge is 0.161 e. The van der Waals surface area contributed by atoms with Gasteiger partial charge in [-0.15, -0.1) is 0 Å². The van der Waals surface area contributed by atoms with Crippen LogP contribution in [0.1, 0.15) is 17.9 Å². The highest BCUT2D eigenvalue weighted by Crippen LogP contribution is 2.30. The van der Waals surface area contributed by atoms with Crippen LogP contribution < -0.4 is 19.9 Å². The normalized spacial score (nSPS) is 11.8. The summed E-state index contributed by atoms with van der Waals surface area (Å²) in [6.07, 6.45) is 0.647. The Hall–Kier alpha value is -2.27. The lowest BCUT2D eigenvalue weighted by molar-refractivity contribution is 0.278. The quantitative estimate of drug-likeness (QED) is 0.810. The van der Waals surface area contributed by atoms with E-state index in [0.29, 0.717) is 36.8 Å². The maximum atomic E-state index is 13.5. The van der Waals surface area contributed by atoms with Crippen LogP contribution in [-0.4, -0.2) is 27.4 Å². The first kappa shape index (κ1) is 17.1. The first-order valence-corrected chi connectivity index (χ1v) is 7.49. The fourth-order valence-corrected chi connectivity index (χ4v) is 2.47. The Balaban J connectivity index is 2.04. The zero-order valence-electron chi connectivity index (χ0n) is 13.4. The average molecular weight is 319 g/mol. The van der Waals surface area contributed by atoms with Crippen LogP contribution >= 0.6 is 0 Å². The molecule has 0 aromatic heterocycles. The molecular weight excluding hydrogens is 297 g/mol. The molecule has 0 saturated heterocycles. The van der Waals surface area contributed by atoms with E-state index in [0.717, 1.165) is 5.56 Å². The molecule has 0 aliphatic rings. The summed E-state index contributed by atoms with van der Waals surface area (Å²) < 4.78 is 29.8. The number of hydrogen-bond donors (Lipinski definition) is 1. The van der Waals surface area contributed by atoms with Gasteiger partial charge >= 0.3 is 0 Å². The van der Waals surface area contributed by atoms with Crippen LogP contribution in [0, 0.1) is 5.82 Å². The summed E-state index contributed by atoms with van der Waals surface area (Å²) in [5, 5.41) is 0. The number of benzene rings is 2. The van der Waals surface area contributed by atoms with Crippen LogP contribution in [0.5, 0.6) is 17.2 Å². The molecule has 2 aromatic rings. The molecule has 1 unspecified atom stereocenters. The summed E-state index contributed by atoms with van der Waals surface area (Å²) in [7, 11) is 3.16. The van der Waals surface area contributed by atoms with Crippen molar-refractivity contribution in [3.8, 4) is 17.2 Å². The van der Waals surface area contributed by atoms with Gasteiger partial charge in [0.2, 0.25) is 0 Å². The molecule has 0 saturated carbocycles. The van der Waals surface area contributed by atoms with Crippen LogP contribution in [0.4, 0.5) is 4.39 Å². The predicted octanol–water partition coefficient (Wildman–Crippen LogP) is 3.35. The maximum Gasteiger partial charge on any atom is 0.161 e. The second kappa shape index (κ2) is 8.39. The molecule has 0 heterocycles. The second-order valence-electron chi connectivity index (χ2n) is 5.11. The summed E-state index contributed by atoms with van der Waals surface area (Å²) in [6.45, 7) is 0.830. The highest BCUT2D eigenvalue weighted by molar-refractivity contribution is 5.39. The van der Waals surface area contributed by atoms with Gasteiger partial charge in [-0.2, -0.15) is 0 Å². The van der Waals surface area contributed by atoms with E-state index in [4.69, 9.17) is 19.9 Å². The lowest BCUT2D eigenvalue weighted by Crippen LogP contribution is -2.16. The Morgan fingerprint density at radius 2 is 1.70 bits per heavy atom. The van der Waals surface area contributed by atoms with Gasteiger partial charge < -0.3 is 19.9 Å². The monoisotopic (exact) mass is 319 g/mol. The molecule has 1 atom stereocenters. The lowest BCUT2D eigenvalue weighted by Gasteiger charge is -2.19. The molecule has 124 valence electrons. The van der Waals surface area contributed by atoms with Crippen molar-refractivity contribution in [2.75, 3.05) is 27.4 Å². The number of halogens is 1. The van der Waals surface area contributed by atoms with Gasteiger partial charge in [0.05, 0.1) is 20.8 Å². The number of methoxy groups -OCH3 is 2. The Labute approximate surface area is 136 Å². The average Bonchev–Trinajstić information content (AvgIpc) is 2.59. The molecule has 0 fully saturated rings. The molecule has 4 nitrogen and oxygen atoms in total. The molecule has 2 rings (SSSR count). The highest BCUT2D eigenvalue weighted by Gasteiger charge is 2.16. The van der Waals surface area contributed by atoms with E-state index in [1.165, 1.54) is 12.1 Å². The minimum absolute atomic E-state index is 0.0460. The Morgan fingerprint density at radius 1 is 1.00 bits per heavy atom. The van der Waals surface area contributed by atoms with Gasteiger partial charge in [0.15, 0.2) is 11.5 Å². The van der Waals surface area contributed by atoms with Crippen molar-refractivity contribution in [3.05, 3.63) is 53.8 Å². The molecule has 0 amide bonds. The molecule has 0 aliphatic heterocycles. The third-order valence-corrected chi connectivity index (χ3v) is 3.71. The van der Waals surface area contributed by atoms with Gasteiger partial charge in [-0.25, -0.2) is 4.39 Å². The number of rotatable bonds is 8. The van der Waals surface area contributed by atoms with E-state index < -0.39 is 0 Å². The van der Waals surface area contributed by atoms with Gasteiger partial charge in [0.25, 0.3) is 0 Å². The van der Waals surface area contributed by atoms with Crippen molar-refractivity contribution >= 4 is 0 Å². The molecule has 0 radical (unpaired) electrons. The zero-order chi connectivity index (χ0) is 16.7. The summed E-state index contributed by atoms with van der Waals surface area (Å²) >= 11 is 0. The number of para-hydroxylation sites is 2. The molecule has 0 aliphatic carbocycles. The van der Waals surface area contributed by atoms with Crippen molar-refractivity contribution < 1.29 is 18.6 Å². The molecule has 23 heavy (non-hydrogen) atoms. The molecule has 0 bridgehead atoms. The largest absolute Gasteiger partial charge is 0.496 e. The van der Waals surface area contributed by atoms with E-state index >= 15 is 0 Å². The van der Waals surface area contributed by atoms with Gasteiger partial charge in [0.1, 0.15) is 11.6 Å². The minimum atomic E-state index is -0.301. The van der Waals surface area contributed by atoms with Crippen LogP contribution in [0.15, 0.2) is 42.5 Å². The van der Waals surface area contributed by atoms with Gasteiger partial charge in [-0.3, -0.25) is 0 Å². The molecule has 2 N–H and O–H groups in total. The van der Waals surface area contributed by atoms with Gasteiger partial charge in [-0.05, 0) is 43.3 Å². The second-order valence-corrected chi connectivity index (χ2v) is 5.11. The summed E-state index contributed by atoms with van der Waals surface area (Å²) in [6, 6.07) is 11.9. The topological polar surface area (TPSA) is 53.7 Å². The Bertz CT molecular complexity index is 633. The van der Waals surface area contributed by atoms with E-state index in [1.54, 1.807) is 20.3 Å². The van der Waals surface area contributed by atoms with E-state index in [1.807, 2.05) is 24.3 Å². The van der Waals surface area contributed by atoms with Crippen molar-refractivity contribution in [1.82, 2.24) is 0 Å². The maximum absolute atomic E-state index is 13.5. The van der Waals surface area contributed by atoms with E-state index in [9.17, 15) is 4.39 Å². The van der Waals surface area contributed by atoms with Crippen molar-refractivity contribution in [1.29, 1.82) is 0 Å². The highest BCUT2D eigenvalue weighted by atomic mass is 19.1. The van der Waals surface area contributed by atoms with Crippen molar-refractivity contribution in [3.63, 3.8) is 0 Å². The SMILES string of the molecule is COc1ccccc1OCCC(CN)c1cc(F)ccc1OC. The predicted molar refractivity (Wildman–Crippen MR) is 87.9 cm³/mol. The molecular formula is C18H22FNO3. The minimum Gasteiger partial charge on any atom is -0.496 e. The van der Waals surface area contributed by atoms with Crippen LogP contribution in [0.25, 0.3) is 0 Å². The Kier molecular flexibility index (Phi) is 6.23. The molecule has 5 heteroatoms. The van der Waals surface area contributed by atoms with Gasteiger partial charge in [0, 0.05) is 11.5 Å². The summed E-state index contributed by atoms with van der Waals surface area (Å²) in [5.74, 6) is 1.65. The fraction of sp³-hybridized carbons (Fsp3) is 0.333. The standard InChI is InChI=1S/C18H22FNO3/c1-21-16-8-7-14(19)11-15(16)13(12-20)9-10-23-18-6-4-3-5-17(18)22-2/h3-8,11,13H,9-10,12,20H2,1-2H3. The van der Waals surface area contributed by atoms with E-state index in [-0.39, 0.29) is 11.7 Å². The number of hydrogen-bond acceptors (Lipinski definition) is 4. The van der Waals surface area contributed by atoms with Crippen LogP contribution in [-0.2, 0) is 0 Å². The Morgan fingerprint density at radius 3 is 2.35 bits per heavy atom. The molecule has 2 aromatic carbocycles. The summed E-state index contributed by atoms with van der Waals surface area (Å²) in [5.41, 5.74) is 6.62. The number of ether oxygens (including phenoxy) is 3. The third-order valence-electron chi connectivity index (χ3n) is 3.71. The fourth-order valence-electron chi connectivity index (χ4n) is 2.47. The van der Waals surface area contributed by atoms with E-state index in [2.05, 4.69) is 0 Å². The third kappa shape index (κ3) is 4.36. The first-order chi connectivity index (χ1) is 11.2. The van der Waals surface area contributed by atoms with Crippen molar-refractivity contribution in [2.45, 2.75) is 12.3 Å². The van der Waals surface area contributed by atoms with Crippen LogP contribution in [0.3, 0.4) is 0 Å². The number of nitrogens with two attached hydrogens (primary N) is 1. The van der Waals surface area contributed by atoms with Gasteiger partial charge in [-0.1, -0.05) is 12.1 Å². The lowest BCUT2D eigenvalue weighted by atomic mass is 9.95.